The molecule has 2 heterocycles. The van der Waals surface area contributed by atoms with Crippen LogP contribution in [0.1, 0.15) is 16.7 Å². The van der Waals surface area contributed by atoms with Gasteiger partial charge in [0.2, 0.25) is 0 Å². The number of hydrogen-bond acceptors (Lipinski definition) is 5. The third-order valence-corrected chi connectivity index (χ3v) is 8.23. The van der Waals surface area contributed by atoms with Gasteiger partial charge in [0.25, 0.3) is 0 Å². The summed E-state index contributed by atoms with van der Waals surface area (Å²) in [6, 6.07) is 43.5. The zero-order valence-corrected chi connectivity index (χ0v) is 23.1. The Hall–Kier alpha value is -6.61. The van der Waals surface area contributed by atoms with Gasteiger partial charge in [0, 0.05) is 43.8 Å². The van der Waals surface area contributed by atoms with Crippen molar-refractivity contribution in [2.24, 2.45) is 0 Å². The van der Waals surface area contributed by atoms with Crippen LogP contribution in [0.15, 0.2) is 124 Å². The molecule has 2 aromatic heterocycles. The maximum atomic E-state index is 10.7. The predicted octanol–water partition coefficient (Wildman–Crippen LogP) is 10.1. The highest BCUT2D eigenvalue weighted by molar-refractivity contribution is 6.11. The van der Waals surface area contributed by atoms with Crippen molar-refractivity contribution in [1.82, 2.24) is 0 Å². The molecule has 0 aliphatic rings. The lowest BCUT2D eigenvalue weighted by atomic mass is 9.85. The Morgan fingerprint density at radius 1 is 0.432 bits per heavy atom. The third kappa shape index (κ3) is 3.70. The van der Waals surface area contributed by atoms with Crippen molar-refractivity contribution in [3.8, 4) is 51.6 Å². The molecule has 0 spiro atoms. The third-order valence-electron chi connectivity index (χ3n) is 8.23. The Morgan fingerprint density at radius 3 is 1.77 bits per heavy atom. The molecular weight excluding hydrogens is 542 g/mol. The second kappa shape index (κ2) is 9.74. The predicted molar refractivity (Wildman–Crippen MR) is 171 cm³/mol. The summed E-state index contributed by atoms with van der Waals surface area (Å²) >= 11 is 0. The van der Waals surface area contributed by atoms with E-state index in [-0.39, 0.29) is 0 Å². The number of nitriles is 3. The van der Waals surface area contributed by atoms with Crippen LogP contribution in [0, 0.1) is 34.0 Å². The average Bonchev–Trinajstić information content (AvgIpc) is 3.65. The van der Waals surface area contributed by atoms with Crippen molar-refractivity contribution in [2.45, 2.75) is 0 Å². The van der Waals surface area contributed by atoms with Crippen molar-refractivity contribution >= 4 is 43.9 Å². The molecule has 0 saturated carbocycles. The van der Waals surface area contributed by atoms with Crippen LogP contribution in [0.5, 0.6) is 0 Å². The molecular formula is C39H19N3O2. The first-order valence-corrected chi connectivity index (χ1v) is 14.0. The molecule has 8 aromatic rings. The Kier molecular flexibility index (Phi) is 5.56. The molecule has 0 aliphatic heterocycles. The van der Waals surface area contributed by atoms with Gasteiger partial charge >= 0.3 is 0 Å². The molecule has 0 aliphatic carbocycles. The maximum Gasteiger partial charge on any atom is 0.143 e. The van der Waals surface area contributed by atoms with Crippen LogP contribution >= 0.6 is 0 Å². The van der Waals surface area contributed by atoms with Gasteiger partial charge in [0.1, 0.15) is 28.4 Å². The first kappa shape index (κ1) is 25.1. The van der Waals surface area contributed by atoms with Crippen molar-refractivity contribution in [3.05, 3.63) is 132 Å². The molecule has 8 rings (SSSR count). The number of nitrogens with zero attached hydrogens (tertiary/aromatic N) is 3. The highest BCUT2D eigenvalue weighted by Crippen LogP contribution is 2.43. The van der Waals surface area contributed by atoms with Gasteiger partial charge in [0.15, 0.2) is 0 Å². The summed E-state index contributed by atoms with van der Waals surface area (Å²) in [5, 5.41) is 34.8. The normalized spacial score (nSPS) is 11.1. The molecule has 0 bridgehead atoms. The van der Waals surface area contributed by atoms with Crippen LogP contribution in [-0.2, 0) is 0 Å². The number of fused-ring (bicyclic) bond motifs is 6. The van der Waals surface area contributed by atoms with E-state index in [0.29, 0.717) is 39.0 Å². The second-order valence-corrected chi connectivity index (χ2v) is 10.6. The van der Waals surface area contributed by atoms with Crippen LogP contribution < -0.4 is 0 Å². The van der Waals surface area contributed by atoms with E-state index in [1.807, 2.05) is 97.1 Å². The van der Waals surface area contributed by atoms with E-state index in [1.54, 1.807) is 18.2 Å². The van der Waals surface area contributed by atoms with Gasteiger partial charge in [-0.3, -0.25) is 0 Å². The Morgan fingerprint density at radius 2 is 1.05 bits per heavy atom. The van der Waals surface area contributed by atoms with E-state index >= 15 is 0 Å². The average molecular weight is 562 g/mol. The molecule has 5 heteroatoms. The first-order valence-electron chi connectivity index (χ1n) is 14.0. The van der Waals surface area contributed by atoms with Gasteiger partial charge in [-0.15, -0.1) is 0 Å². The summed E-state index contributed by atoms with van der Waals surface area (Å²) in [7, 11) is 0. The summed E-state index contributed by atoms with van der Waals surface area (Å²) in [6.07, 6.45) is 0. The minimum absolute atomic E-state index is 0.318. The summed E-state index contributed by atoms with van der Waals surface area (Å²) in [5.74, 6) is 0. The molecule has 0 N–H and O–H groups in total. The number of furan rings is 2. The van der Waals surface area contributed by atoms with Gasteiger partial charge in [-0.05, 0) is 59.7 Å². The van der Waals surface area contributed by atoms with Crippen molar-refractivity contribution < 1.29 is 8.83 Å². The lowest BCUT2D eigenvalue weighted by Crippen LogP contribution is -1.97. The van der Waals surface area contributed by atoms with E-state index in [9.17, 15) is 15.8 Å². The highest BCUT2D eigenvalue weighted by Gasteiger charge is 2.23. The minimum atomic E-state index is 0.318. The van der Waals surface area contributed by atoms with Gasteiger partial charge in [-0.2, -0.15) is 15.8 Å². The standard InChI is InChI=1S/C39H19N3O2/c40-20-24-7-5-8-25(21-41)38(24)33-18-26(23-15-16-29-27-9-1-3-13-35(27)43-37(29)19-23)17-32(34(33)22-42)31-12-6-11-30-28-10-2-4-14-36(28)44-39(30)31/h1-19H. The Bertz CT molecular complexity index is 2570. The Labute approximate surface area is 251 Å². The zero-order valence-electron chi connectivity index (χ0n) is 23.1. The topological polar surface area (TPSA) is 97.7 Å². The van der Waals surface area contributed by atoms with Gasteiger partial charge in [0.05, 0.1) is 28.8 Å². The van der Waals surface area contributed by atoms with E-state index in [0.717, 1.165) is 55.0 Å². The van der Waals surface area contributed by atoms with Crippen LogP contribution in [0.3, 0.4) is 0 Å². The molecule has 0 atom stereocenters. The zero-order chi connectivity index (χ0) is 29.8. The first-order chi connectivity index (χ1) is 21.7. The number of rotatable bonds is 3. The monoisotopic (exact) mass is 561 g/mol. The molecule has 0 unspecified atom stereocenters. The Balaban J connectivity index is 1.48. The molecule has 0 radical (unpaired) electrons. The highest BCUT2D eigenvalue weighted by atomic mass is 16.3. The molecule has 0 fully saturated rings. The summed E-state index contributed by atoms with van der Waals surface area (Å²) in [6.45, 7) is 0. The van der Waals surface area contributed by atoms with Crippen LogP contribution in [-0.4, -0.2) is 0 Å². The lowest BCUT2D eigenvalue weighted by Gasteiger charge is -2.16. The molecule has 44 heavy (non-hydrogen) atoms. The quantitative estimate of drug-likeness (QED) is 0.214. The second-order valence-electron chi connectivity index (χ2n) is 10.6. The molecule has 0 amide bonds. The fourth-order valence-electron chi connectivity index (χ4n) is 6.23. The van der Waals surface area contributed by atoms with E-state index in [2.05, 4.69) is 18.2 Å². The summed E-state index contributed by atoms with van der Waals surface area (Å²) in [4.78, 5) is 0. The van der Waals surface area contributed by atoms with Crippen LogP contribution in [0.4, 0.5) is 0 Å². The summed E-state index contributed by atoms with van der Waals surface area (Å²) < 4.78 is 12.6. The van der Waals surface area contributed by atoms with E-state index in [4.69, 9.17) is 8.83 Å². The molecule has 202 valence electrons. The van der Waals surface area contributed by atoms with Crippen LogP contribution in [0.25, 0.3) is 77.3 Å². The van der Waals surface area contributed by atoms with E-state index in [1.165, 1.54) is 0 Å². The number of benzene rings is 6. The summed E-state index contributed by atoms with van der Waals surface area (Å²) in [5.41, 5.74) is 7.95. The van der Waals surface area contributed by atoms with Crippen LogP contribution in [0.2, 0.25) is 0 Å². The largest absolute Gasteiger partial charge is 0.456 e. The number of para-hydroxylation sites is 3. The van der Waals surface area contributed by atoms with E-state index < -0.39 is 0 Å². The van der Waals surface area contributed by atoms with Crippen molar-refractivity contribution in [3.63, 3.8) is 0 Å². The molecule has 5 nitrogen and oxygen atoms in total. The number of hydrogen-bond donors (Lipinski definition) is 0. The smallest absolute Gasteiger partial charge is 0.143 e. The fraction of sp³-hybridized carbons (Fsp3) is 0. The molecule has 6 aromatic carbocycles. The van der Waals surface area contributed by atoms with Crippen molar-refractivity contribution in [2.75, 3.05) is 0 Å². The fourth-order valence-corrected chi connectivity index (χ4v) is 6.23. The van der Waals surface area contributed by atoms with Crippen molar-refractivity contribution in [1.29, 1.82) is 15.8 Å². The lowest BCUT2D eigenvalue weighted by molar-refractivity contribution is 0.669. The van der Waals surface area contributed by atoms with Gasteiger partial charge in [-0.1, -0.05) is 66.7 Å². The SMILES string of the molecule is N#Cc1cccc(C#N)c1-c1cc(-c2ccc3c(c2)oc2ccccc23)cc(-c2cccc3c2oc2ccccc23)c1C#N. The maximum absolute atomic E-state index is 10.7. The minimum Gasteiger partial charge on any atom is -0.456 e. The van der Waals surface area contributed by atoms with Gasteiger partial charge in [-0.25, -0.2) is 0 Å². The molecule has 0 saturated heterocycles. The van der Waals surface area contributed by atoms with Gasteiger partial charge < -0.3 is 8.83 Å².